The Hall–Kier alpha value is -2.70. The summed E-state index contributed by atoms with van der Waals surface area (Å²) in [5.41, 5.74) is 1.47. The summed E-state index contributed by atoms with van der Waals surface area (Å²) < 4.78 is 21.5. The number of amides is 2. The van der Waals surface area contributed by atoms with Crippen LogP contribution < -0.4 is 10.1 Å². The van der Waals surface area contributed by atoms with Crippen molar-refractivity contribution in [3.05, 3.63) is 63.6 Å². The van der Waals surface area contributed by atoms with Crippen molar-refractivity contribution in [1.82, 2.24) is 15.1 Å². The fourth-order valence-electron chi connectivity index (χ4n) is 4.40. The number of thioether (sulfide) groups is 1. The monoisotopic (exact) mass is 625 g/mol. The fourth-order valence-corrected chi connectivity index (χ4v) is 6.04. The van der Waals surface area contributed by atoms with Gasteiger partial charge in [-0.1, -0.05) is 41.4 Å². The molecule has 2 fully saturated rings. The predicted molar refractivity (Wildman–Crippen MR) is 156 cm³/mol. The number of ether oxygens (including phenoxy) is 4. The Kier molecular flexibility index (Phi) is 11.8. The van der Waals surface area contributed by atoms with Crippen LogP contribution in [0, 0.1) is 0 Å². The number of benzene rings is 2. The zero-order chi connectivity index (χ0) is 29.2. The van der Waals surface area contributed by atoms with Crippen molar-refractivity contribution in [3.8, 4) is 5.75 Å². The largest absolute Gasteiger partial charge is 0.489 e. The number of nitrogens with zero attached hydrogens (tertiary/aromatic N) is 2. The van der Waals surface area contributed by atoms with Gasteiger partial charge in [0.15, 0.2) is 0 Å². The van der Waals surface area contributed by atoms with E-state index in [0.717, 1.165) is 18.7 Å². The van der Waals surface area contributed by atoms with Crippen molar-refractivity contribution < 1.29 is 33.3 Å². The van der Waals surface area contributed by atoms with Crippen LogP contribution in [-0.4, -0.2) is 98.0 Å². The van der Waals surface area contributed by atoms with Crippen molar-refractivity contribution in [3.63, 3.8) is 0 Å². The number of carbonyl (C=O) groups is 3. The van der Waals surface area contributed by atoms with Gasteiger partial charge >= 0.3 is 12.1 Å². The van der Waals surface area contributed by atoms with E-state index in [1.54, 1.807) is 42.5 Å². The number of rotatable bonds is 11. The van der Waals surface area contributed by atoms with E-state index in [1.165, 1.54) is 23.8 Å². The lowest BCUT2D eigenvalue weighted by molar-refractivity contribution is -0.145. The van der Waals surface area contributed by atoms with Crippen LogP contribution in [-0.2, 0) is 36.8 Å². The molecule has 0 aromatic heterocycles. The van der Waals surface area contributed by atoms with Gasteiger partial charge < -0.3 is 24.3 Å². The summed E-state index contributed by atoms with van der Waals surface area (Å²) in [4.78, 5) is 42.0. The SMILES string of the molecule is COC(=O)[C@H](Cc1ccc(OCc2c(Cl)cccc2Cl)cc1)NC(=O)[C@H]1CSCN1C(=O)OCCN1CCOCC1. The van der Waals surface area contributed by atoms with Gasteiger partial charge in [-0.3, -0.25) is 14.6 Å². The second-order valence-corrected chi connectivity index (χ2v) is 11.3. The van der Waals surface area contributed by atoms with Gasteiger partial charge in [-0.2, -0.15) is 0 Å². The Bertz CT molecular complexity index is 1180. The van der Waals surface area contributed by atoms with Crippen LogP contribution >= 0.6 is 35.0 Å². The molecule has 0 unspecified atom stereocenters. The number of morpholine rings is 1. The van der Waals surface area contributed by atoms with Crippen LogP contribution in [0.3, 0.4) is 0 Å². The maximum atomic E-state index is 13.2. The van der Waals surface area contributed by atoms with Crippen LogP contribution in [0.2, 0.25) is 10.0 Å². The summed E-state index contributed by atoms with van der Waals surface area (Å²) in [5, 5.41) is 3.80. The van der Waals surface area contributed by atoms with E-state index in [1.807, 2.05) is 0 Å². The Morgan fingerprint density at radius 1 is 1.10 bits per heavy atom. The molecule has 0 radical (unpaired) electrons. The molecule has 41 heavy (non-hydrogen) atoms. The van der Waals surface area contributed by atoms with Crippen molar-refractivity contribution in [1.29, 1.82) is 0 Å². The van der Waals surface area contributed by atoms with E-state index in [-0.39, 0.29) is 19.6 Å². The van der Waals surface area contributed by atoms with Crippen molar-refractivity contribution >= 4 is 52.9 Å². The molecule has 222 valence electrons. The number of methoxy groups -OCH3 is 1. The molecule has 0 spiro atoms. The van der Waals surface area contributed by atoms with Crippen LogP contribution in [0.15, 0.2) is 42.5 Å². The molecule has 13 heteroatoms. The third kappa shape index (κ3) is 8.89. The topological polar surface area (TPSA) is 107 Å². The first-order chi connectivity index (χ1) is 19.9. The lowest BCUT2D eigenvalue weighted by atomic mass is 10.1. The zero-order valence-electron chi connectivity index (χ0n) is 22.7. The number of nitrogens with one attached hydrogen (secondary N) is 1. The highest BCUT2D eigenvalue weighted by Crippen LogP contribution is 2.26. The van der Waals surface area contributed by atoms with Gasteiger partial charge in [-0.05, 0) is 29.8 Å². The molecule has 2 aliphatic heterocycles. The van der Waals surface area contributed by atoms with Gasteiger partial charge in [-0.25, -0.2) is 9.59 Å². The third-order valence-corrected chi connectivity index (χ3v) is 8.49. The van der Waals surface area contributed by atoms with Gasteiger partial charge in [0, 0.05) is 47.4 Å². The lowest BCUT2D eigenvalue weighted by Gasteiger charge is -2.27. The summed E-state index contributed by atoms with van der Waals surface area (Å²) in [6, 6.07) is 10.7. The van der Waals surface area contributed by atoms with E-state index in [0.29, 0.717) is 52.7 Å². The minimum Gasteiger partial charge on any atom is -0.489 e. The smallest absolute Gasteiger partial charge is 0.411 e. The summed E-state index contributed by atoms with van der Waals surface area (Å²) in [6.45, 7) is 3.95. The first kappa shape index (κ1) is 31.2. The van der Waals surface area contributed by atoms with Crippen LogP contribution in [0.25, 0.3) is 0 Å². The second-order valence-electron chi connectivity index (χ2n) is 9.48. The molecular weight excluding hydrogens is 593 g/mol. The van der Waals surface area contributed by atoms with Crippen molar-refractivity contribution in [2.45, 2.75) is 25.1 Å². The predicted octanol–water partition coefficient (Wildman–Crippen LogP) is 3.62. The molecule has 2 atom stereocenters. The molecule has 0 aliphatic carbocycles. The number of carbonyl (C=O) groups excluding carboxylic acids is 3. The van der Waals surface area contributed by atoms with Crippen molar-refractivity contribution in [2.75, 3.05) is 58.2 Å². The fraction of sp³-hybridized carbons (Fsp3) is 0.464. The summed E-state index contributed by atoms with van der Waals surface area (Å²) >= 11 is 13.9. The molecule has 2 aromatic carbocycles. The first-order valence-corrected chi connectivity index (χ1v) is 15.1. The first-order valence-electron chi connectivity index (χ1n) is 13.2. The minimum absolute atomic E-state index is 0.193. The van der Waals surface area contributed by atoms with Gasteiger partial charge in [0.2, 0.25) is 5.91 Å². The number of esters is 1. The van der Waals surface area contributed by atoms with E-state index in [2.05, 4.69) is 10.2 Å². The van der Waals surface area contributed by atoms with E-state index < -0.39 is 30.1 Å². The van der Waals surface area contributed by atoms with Gasteiger partial charge in [0.25, 0.3) is 0 Å². The molecule has 0 saturated carbocycles. The average molecular weight is 627 g/mol. The molecule has 4 rings (SSSR count). The summed E-state index contributed by atoms with van der Waals surface area (Å²) in [6.07, 6.45) is -0.356. The van der Waals surface area contributed by atoms with Gasteiger partial charge in [0.05, 0.1) is 26.2 Å². The van der Waals surface area contributed by atoms with Crippen LogP contribution in [0.1, 0.15) is 11.1 Å². The maximum absolute atomic E-state index is 13.2. The van der Waals surface area contributed by atoms with E-state index in [9.17, 15) is 14.4 Å². The van der Waals surface area contributed by atoms with Crippen LogP contribution in [0.5, 0.6) is 5.75 Å². The summed E-state index contributed by atoms with van der Waals surface area (Å²) in [5.74, 6) is 0.302. The molecule has 2 aromatic rings. The molecule has 10 nitrogen and oxygen atoms in total. The number of hydrogen-bond donors (Lipinski definition) is 1. The molecular formula is C28H33Cl2N3O7S. The highest BCUT2D eigenvalue weighted by atomic mass is 35.5. The standard InChI is InChI=1S/C28H33Cl2N3O7S/c1-37-27(35)24(15-19-5-7-20(8-6-19)40-16-21-22(29)3-2-4-23(21)30)31-26(34)25-17-41-18-33(25)28(36)39-14-11-32-9-12-38-13-10-32/h2-8,24-25H,9-18H2,1H3,(H,31,34)/t24-,25+/m0/s1. The van der Waals surface area contributed by atoms with Gasteiger partial charge in [0.1, 0.15) is 31.0 Å². The molecule has 2 aliphatic rings. The van der Waals surface area contributed by atoms with Crippen molar-refractivity contribution in [2.24, 2.45) is 0 Å². The van der Waals surface area contributed by atoms with E-state index in [4.69, 9.17) is 42.1 Å². The summed E-state index contributed by atoms with van der Waals surface area (Å²) in [7, 11) is 1.27. The Morgan fingerprint density at radius 3 is 2.49 bits per heavy atom. The zero-order valence-corrected chi connectivity index (χ0v) is 25.0. The Balaban J connectivity index is 1.30. The molecule has 2 amide bonds. The highest BCUT2D eigenvalue weighted by Gasteiger charge is 2.37. The Labute approximate surface area is 253 Å². The number of hydrogen-bond acceptors (Lipinski definition) is 9. The number of halogens is 2. The highest BCUT2D eigenvalue weighted by molar-refractivity contribution is 7.99. The lowest BCUT2D eigenvalue weighted by Crippen LogP contribution is -2.52. The van der Waals surface area contributed by atoms with E-state index >= 15 is 0 Å². The minimum atomic E-state index is -0.939. The average Bonchev–Trinajstić information content (AvgIpc) is 3.48. The van der Waals surface area contributed by atoms with Gasteiger partial charge in [-0.15, -0.1) is 11.8 Å². The molecule has 2 heterocycles. The Morgan fingerprint density at radius 2 is 1.80 bits per heavy atom. The molecule has 1 N–H and O–H groups in total. The normalized spacial score (nSPS) is 18.0. The molecule has 2 saturated heterocycles. The molecule has 0 bridgehead atoms. The third-order valence-electron chi connectivity index (χ3n) is 6.77. The maximum Gasteiger partial charge on any atom is 0.411 e. The quantitative estimate of drug-likeness (QED) is 0.375. The van der Waals surface area contributed by atoms with Crippen LogP contribution in [0.4, 0.5) is 4.79 Å². The second kappa shape index (κ2) is 15.5.